The van der Waals surface area contributed by atoms with E-state index in [4.69, 9.17) is 4.74 Å². The van der Waals surface area contributed by atoms with Gasteiger partial charge in [-0.25, -0.2) is 4.98 Å². The molecule has 4 rings (SSSR count). The van der Waals surface area contributed by atoms with Gasteiger partial charge in [-0.15, -0.1) is 0 Å². The second-order valence-corrected chi connectivity index (χ2v) is 7.56. The lowest BCUT2D eigenvalue weighted by molar-refractivity contribution is -0.385. The predicted molar refractivity (Wildman–Crippen MR) is 124 cm³/mol. The Morgan fingerprint density at radius 2 is 1.73 bits per heavy atom. The van der Waals surface area contributed by atoms with Gasteiger partial charge in [-0.2, -0.15) is 4.98 Å². The summed E-state index contributed by atoms with van der Waals surface area (Å²) >= 11 is 0. The van der Waals surface area contributed by atoms with E-state index in [0.717, 1.165) is 22.7 Å². The van der Waals surface area contributed by atoms with Crippen molar-refractivity contribution in [2.24, 2.45) is 0 Å². The van der Waals surface area contributed by atoms with Crippen molar-refractivity contribution in [1.82, 2.24) is 15.4 Å². The van der Waals surface area contributed by atoms with Crippen LogP contribution in [-0.2, 0) is 0 Å². The van der Waals surface area contributed by atoms with Crippen molar-refractivity contribution in [3.8, 4) is 11.6 Å². The molecule has 33 heavy (non-hydrogen) atoms. The maximum absolute atomic E-state index is 12.8. The van der Waals surface area contributed by atoms with Crippen molar-refractivity contribution in [3.05, 3.63) is 94.3 Å². The Morgan fingerprint density at radius 3 is 2.45 bits per heavy atom. The lowest BCUT2D eigenvalue weighted by atomic mass is 10.0. The number of hydrogen-bond acceptors (Lipinski definition) is 7. The van der Waals surface area contributed by atoms with E-state index in [1.807, 2.05) is 42.5 Å². The number of nitrogens with zero attached hydrogens (tertiary/aromatic N) is 3. The first-order valence-corrected chi connectivity index (χ1v) is 10.3. The van der Waals surface area contributed by atoms with Gasteiger partial charge in [-0.1, -0.05) is 62.4 Å². The molecule has 0 spiro atoms. The zero-order valence-electron chi connectivity index (χ0n) is 18.0. The number of fused-ring (bicyclic) bond motifs is 1. The molecule has 0 bridgehead atoms. The lowest BCUT2D eigenvalue weighted by Crippen LogP contribution is -2.30. The van der Waals surface area contributed by atoms with E-state index in [1.54, 1.807) is 24.3 Å². The van der Waals surface area contributed by atoms with Gasteiger partial charge in [0, 0.05) is 5.56 Å². The fourth-order valence-electron chi connectivity index (χ4n) is 3.33. The quantitative estimate of drug-likeness (QED) is 0.297. The number of nitro groups is 1. The van der Waals surface area contributed by atoms with Crippen LogP contribution in [0, 0.1) is 10.1 Å². The number of ether oxygens (including phenoxy) is 1. The Bertz CT molecular complexity index is 1320. The molecule has 4 aromatic rings. The maximum atomic E-state index is 12.8. The normalized spacial score (nSPS) is 10.8. The van der Waals surface area contributed by atoms with Crippen LogP contribution < -0.4 is 15.6 Å². The number of amides is 1. The summed E-state index contributed by atoms with van der Waals surface area (Å²) in [6.07, 6.45) is 1.12. The number of hydrazine groups is 1. The Hall–Kier alpha value is -4.53. The SMILES string of the molecule is CC(C)c1ccc(Oc2ncnc(NNC(=O)c3cccc4ccccc34)c2[N+](=O)[O-])cc1. The first kappa shape index (κ1) is 21.7. The number of rotatable bonds is 7. The number of anilines is 1. The predicted octanol–water partition coefficient (Wildman–Crippen LogP) is 5.21. The highest BCUT2D eigenvalue weighted by Gasteiger charge is 2.26. The van der Waals surface area contributed by atoms with E-state index < -0.39 is 16.5 Å². The Balaban J connectivity index is 1.56. The third kappa shape index (κ3) is 4.72. The van der Waals surface area contributed by atoms with Gasteiger partial charge in [-0.05, 0) is 40.5 Å². The molecule has 0 radical (unpaired) electrons. The van der Waals surface area contributed by atoms with E-state index in [0.29, 0.717) is 17.2 Å². The van der Waals surface area contributed by atoms with Crippen molar-refractivity contribution in [2.45, 2.75) is 19.8 Å². The molecule has 9 heteroatoms. The van der Waals surface area contributed by atoms with E-state index >= 15 is 0 Å². The van der Waals surface area contributed by atoms with Crippen LogP contribution in [0.3, 0.4) is 0 Å². The molecule has 0 saturated heterocycles. The van der Waals surface area contributed by atoms with Gasteiger partial charge in [-0.3, -0.25) is 25.8 Å². The van der Waals surface area contributed by atoms with Crippen LogP contribution in [0.5, 0.6) is 11.6 Å². The molecule has 1 aromatic heterocycles. The van der Waals surface area contributed by atoms with Gasteiger partial charge < -0.3 is 4.74 Å². The van der Waals surface area contributed by atoms with Crippen molar-refractivity contribution < 1.29 is 14.5 Å². The summed E-state index contributed by atoms with van der Waals surface area (Å²) in [6, 6.07) is 20.0. The van der Waals surface area contributed by atoms with E-state index in [-0.39, 0.29) is 11.7 Å². The molecule has 1 amide bonds. The van der Waals surface area contributed by atoms with Crippen molar-refractivity contribution in [1.29, 1.82) is 0 Å². The zero-order valence-corrected chi connectivity index (χ0v) is 18.0. The molecule has 0 fully saturated rings. The first-order chi connectivity index (χ1) is 15.9. The summed E-state index contributed by atoms with van der Waals surface area (Å²) in [5.41, 5.74) is 6.04. The Labute approximate surface area is 189 Å². The minimum absolute atomic E-state index is 0.197. The Kier molecular flexibility index (Phi) is 6.12. The second-order valence-electron chi connectivity index (χ2n) is 7.56. The van der Waals surface area contributed by atoms with Gasteiger partial charge in [0.2, 0.25) is 5.82 Å². The highest BCUT2D eigenvalue weighted by Crippen LogP contribution is 2.34. The summed E-state index contributed by atoms with van der Waals surface area (Å²) in [6.45, 7) is 4.13. The van der Waals surface area contributed by atoms with Crippen molar-refractivity contribution >= 4 is 28.2 Å². The van der Waals surface area contributed by atoms with Gasteiger partial charge >= 0.3 is 11.6 Å². The number of benzene rings is 3. The molecular weight excluding hydrogens is 422 g/mol. The summed E-state index contributed by atoms with van der Waals surface area (Å²) in [4.78, 5) is 31.7. The molecule has 1 heterocycles. The molecule has 0 atom stereocenters. The van der Waals surface area contributed by atoms with Crippen LogP contribution in [0.25, 0.3) is 10.8 Å². The van der Waals surface area contributed by atoms with Crippen LogP contribution in [0.2, 0.25) is 0 Å². The van der Waals surface area contributed by atoms with Crippen LogP contribution in [-0.4, -0.2) is 20.8 Å². The van der Waals surface area contributed by atoms with E-state index in [9.17, 15) is 14.9 Å². The molecule has 2 N–H and O–H groups in total. The minimum Gasteiger partial charge on any atom is -0.434 e. The lowest BCUT2D eigenvalue weighted by Gasteiger charge is -2.12. The number of carbonyl (C=O) groups is 1. The van der Waals surface area contributed by atoms with Crippen LogP contribution in [0.15, 0.2) is 73.1 Å². The summed E-state index contributed by atoms with van der Waals surface area (Å²) < 4.78 is 5.65. The molecule has 166 valence electrons. The van der Waals surface area contributed by atoms with Crippen LogP contribution in [0.1, 0.15) is 35.7 Å². The fraction of sp³-hybridized carbons (Fsp3) is 0.125. The monoisotopic (exact) mass is 443 g/mol. The highest BCUT2D eigenvalue weighted by molar-refractivity contribution is 6.07. The summed E-state index contributed by atoms with van der Waals surface area (Å²) in [7, 11) is 0. The molecule has 0 unspecified atom stereocenters. The van der Waals surface area contributed by atoms with Crippen LogP contribution in [0.4, 0.5) is 11.5 Å². The Morgan fingerprint density at radius 1 is 1.00 bits per heavy atom. The fourth-order valence-corrected chi connectivity index (χ4v) is 3.33. The molecule has 0 aliphatic heterocycles. The number of carbonyl (C=O) groups excluding carboxylic acids is 1. The van der Waals surface area contributed by atoms with Gasteiger partial charge in [0.15, 0.2) is 0 Å². The second kappa shape index (κ2) is 9.31. The number of aromatic nitrogens is 2. The van der Waals surface area contributed by atoms with Gasteiger partial charge in [0.05, 0.1) is 4.92 Å². The third-order valence-electron chi connectivity index (χ3n) is 5.06. The zero-order chi connectivity index (χ0) is 23.4. The van der Waals surface area contributed by atoms with E-state index in [1.165, 1.54) is 0 Å². The molecule has 0 saturated carbocycles. The van der Waals surface area contributed by atoms with Gasteiger partial charge in [0.1, 0.15) is 12.1 Å². The van der Waals surface area contributed by atoms with E-state index in [2.05, 4.69) is 34.7 Å². The maximum Gasteiger partial charge on any atom is 0.374 e. The first-order valence-electron chi connectivity index (χ1n) is 10.3. The standard InChI is InChI=1S/C24H21N5O4/c1-15(2)16-10-12-18(13-11-16)33-24-21(29(31)32)22(25-14-26-24)27-28-23(30)20-9-5-7-17-6-3-4-8-19(17)20/h3-15H,1-2H3,(H,28,30)(H,25,26,27). The minimum atomic E-state index is -0.662. The van der Waals surface area contributed by atoms with Gasteiger partial charge in [0.25, 0.3) is 5.91 Å². The smallest absolute Gasteiger partial charge is 0.374 e. The number of hydrogen-bond donors (Lipinski definition) is 2. The molecule has 0 aliphatic carbocycles. The highest BCUT2D eigenvalue weighted by atomic mass is 16.6. The van der Waals surface area contributed by atoms with Crippen molar-refractivity contribution in [3.63, 3.8) is 0 Å². The van der Waals surface area contributed by atoms with Crippen molar-refractivity contribution in [2.75, 3.05) is 5.43 Å². The molecule has 3 aromatic carbocycles. The molecular formula is C24H21N5O4. The summed E-state index contributed by atoms with van der Waals surface area (Å²) in [5, 5.41) is 13.4. The topological polar surface area (TPSA) is 119 Å². The molecule has 9 nitrogen and oxygen atoms in total. The largest absolute Gasteiger partial charge is 0.434 e. The third-order valence-corrected chi connectivity index (χ3v) is 5.06. The molecule has 0 aliphatic rings. The average molecular weight is 443 g/mol. The van der Waals surface area contributed by atoms with Crippen LogP contribution >= 0.6 is 0 Å². The number of nitrogens with one attached hydrogen (secondary N) is 2. The average Bonchev–Trinajstić information content (AvgIpc) is 2.82. The summed E-state index contributed by atoms with van der Waals surface area (Å²) in [5.74, 6) is -0.168.